The van der Waals surface area contributed by atoms with E-state index in [1.54, 1.807) is 48.5 Å². The topological polar surface area (TPSA) is 84.5 Å². The molecule has 2 aromatic carbocycles. The standard InChI is InChI=1S/C18H16N2O4/c1-11(21)12-6-5-7-13(10-12)19-16(22)18(2)17(23)20-14-8-3-4-9-15(14)24-18/h3-10H,1-2H3,(H,19,22)(H,20,23). The van der Waals surface area contributed by atoms with Crippen molar-refractivity contribution < 1.29 is 19.1 Å². The minimum atomic E-state index is -1.71. The maximum atomic E-state index is 12.6. The molecule has 2 amide bonds. The Hall–Kier alpha value is -3.15. The zero-order valence-electron chi connectivity index (χ0n) is 13.3. The molecule has 2 N–H and O–H groups in total. The average Bonchev–Trinajstić information content (AvgIpc) is 2.56. The van der Waals surface area contributed by atoms with Crippen molar-refractivity contribution in [2.45, 2.75) is 19.4 Å². The Morgan fingerprint density at radius 1 is 1.12 bits per heavy atom. The molecule has 2 aromatic rings. The first kappa shape index (κ1) is 15.7. The number of carbonyl (C=O) groups excluding carboxylic acids is 3. The Morgan fingerprint density at radius 2 is 1.88 bits per heavy atom. The number of rotatable bonds is 3. The second kappa shape index (κ2) is 5.81. The Morgan fingerprint density at radius 3 is 2.62 bits per heavy atom. The van der Waals surface area contributed by atoms with Gasteiger partial charge in [-0.15, -0.1) is 0 Å². The van der Waals surface area contributed by atoms with Gasteiger partial charge in [-0.1, -0.05) is 24.3 Å². The van der Waals surface area contributed by atoms with Gasteiger partial charge in [-0.25, -0.2) is 0 Å². The summed E-state index contributed by atoms with van der Waals surface area (Å²) < 4.78 is 5.65. The molecule has 1 aliphatic heterocycles. The van der Waals surface area contributed by atoms with E-state index in [0.29, 0.717) is 22.7 Å². The highest BCUT2D eigenvalue weighted by Gasteiger charge is 2.47. The van der Waals surface area contributed by atoms with Crippen molar-refractivity contribution in [1.82, 2.24) is 0 Å². The third-order valence-electron chi connectivity index (χ3n) is 3.84. The van der Waals surface area contributed by atoms with E-state index in [1.165, 1.54) is 13.8 Å². The zero-order chi connectivity index (χ0) is 17.3. The van der Waals surface area contributed by atoms with E-state index < -0.39 is 17.4 Å². The van der Waals surface area contributed by atoms with Gasteiger partial charge in [0.1, 0.15) is 5.75 Å². The van der Waals surface area contributed by atoms with Crippen molar-refractivity contribution in [3.8, 4) is 5.75 Å². The van der Waals surface area contributed by atoms with Gasteiger partial charge in [-0.05, 0) is 38.1 Å². The first-order valence-corrected chi connectivity index (χ1v) is 7.42. The smallest absolute Gasteiger partial charge is 0.278 e. The number of ketones is 1. The lowest BCUT2D eigenvalue weighted by atomic mass is 10.0. The van der Waals surface area contributed by atoms with Crippen LogP contribution in [0.5, 0.6) is 5.75 Å². The van der Waals surface area contributed by atoms with E-state index in [9.17, 15) is 14.4 Å². The van der Waals surface area contributed by atoms with Crippen LogP contribution in [0, 0.1) is 0 Å². The molecule has 6 heteroatoms. The largest absolute Gasteiger partial charge is 0.466 e. The van der Waals surface area contributed by atoms with Gasteiger partial charge >= 0.3 is 0 Å². The molecular weight excluding hydrogens is 308 g/mol. The normalized spacial score (nSPS) is 18.8. The number of ether oxygens (including phenoxy) is 1. The lowest BCUT2D eigenvalue weighted by molar-refractivity contribution is -0.143. The maximum Gasteiger partial charge on any atom is 0.278 e. The molecule has 0 saturated carbocycles. The predicted molar refractivity (Wildman–Crippen MR) is 89.2 cm³/mol. The van der Waals surface area contributed by atoms with Gasteiger partial charge in [-0.3, -0.25) is 14.4 Å². The lowest BCUT2D eigenvalue weighted by Crippen LogP contribution is -2.56. The van der Waals surface area contributed by atoms with Crippen LogP contribution in [0.3, 0.4) is 0 Å². The quantitative estimate of drug-likeness (QED) is 0.671. The van der Waals surface area contributed by atoms with Gasteiger partial charge in [0.15, 0.2) is 5.78 Å². The van der Waals surface area contributed by atoms with Crippen LogP contribution in [0.2, 0.25) is 0 Å². The van der Waals surface area contributed by atoms with Crippen LogP contribution in [0.15, 0.2) is 48.5 Å². The van der Waals surface area contributed by atoms with E-state index in [0.717, 1.165) is 0 Å². The van der Waals surface area contributed by atoms with Crippen LogP contribution < -0.4 is 15.4 Å². The number of benzene rings is 2. The van der Waals surface area contributed by atoms with Crippen LogP contribution in [-0.4, -0.2) is 23.2 Å². The molecule has 1 heterocycles. The Balaban J connectivity index is 1.85. The van der Waals surface area contributed by atoms with E-state index in [2.05, 4.69) is 10.6 Å². The maximum absolute atomic E-state index is 12.6. The Bertz CT molecular complexity index is 846. The number of nitrogens with one attached hydrogen (secondary N) is 2. The fourth-order valence-corrected chi connectivity index (χ4v) is 2.38. The summed E-state index contributed by atoms with van der Waals surface area (Å²) in [6.07, 6.45) is 0. The molecule has 0 bridgehead atoms. The molecule has 6 nitrogen and oxygen atoms in total. The van der Waals surface area contributed by atoms with Crippen LogP contribution >= 0.6 is 0 Å². The van der Waals surface area contributed by atoms with Crippen molar-refractivity contribution >= 4 is 29.0 Å². The van der Waals surface area contributed by atoms with Crippen molar-refractivity contribution in [2.75, 3.05) is 10.6 Å². The summed E-state index contributed by atoms with van der Waals surface area (Å²) in [5, 5.41) is 5.30. The zero-order valence-corrected chi connectivity index (χ0v) is 13.3. The molecule has 0 aromatic heterocycles. The molecule has 122 valence electrons. The summed E-state index contributed by atoms with van der Waals surface area (Å²) in [4.78, 5) is 36.4. The number of hydrogen-bond acceptors (Lipinski definition) is 4. The molecule has 0 saturated heterocycles. The van der Waals surface area contributed by atoms with Gasteiger partial charge in [0.05, 0.1) is 5.69 Å². The summed E-state index contributed by atoms with van der Waals surface area (Å²) in [5.74, 6) is -0.859. The van der Waals surface area contributed by atoms with E-state index in [1.807, 2.05) is 0 Å². The van der Waals surface area contributed by atoms with E-state index >= 15 is 0 Å². The minimum Gasteiger partial charge on any atom is -0.466 e. The molecular formula is C18H16N2O4. The number of Topliss-reactive ketones (excluding diaryl/α,β-unsaturated/α-hetero) is 1. The van der Waals surface area contributed by atoms with Crippen LogP contribution in [-0.2, 0) is 9.59 Å². The van der Waals surface area contributed by atoms with Crippen molar-refractivity contribution in [3.63, 3.8) is 0 Å². The van der Waals surface area contributed by atoms with Crippen molar-refractivity contribution in [3.05, 3.63) is 54.1 Å². The molecule has 0 fully saturated rings. The number of amides is 2. The second-order valence-electron chi connectivity index (χ2n) is 5.68. The molecule has 3 rings (SSSR count). The Labute approximate surface area is 138 Å². The number of fused-ring (bicyclic) bond motifs is 1. The lowest BCUT2D eigenvalue weighted by Gasteiger charge is -2.33. The molecule has 1 aliphatic rings. The van der Waals surface area contributed by atoms with Crippen LogP contribution in [0.4, 0.5) is 11.4 Å². The molecule has 24 heavy (non-hydrogen) atoms. The van der Waals surface area contributed by atoms with E-state index in [4.69, 9.17) is 4.74 Å². The van der Waals surface area contributed by atoms with E-state index in [-0.39, 0.29) is 5.78 Å². The van der Waals surface area contributed by atoms with Gasteiger partial charge in [0.25, 0.3) is 17.4 Å². The van der Waals surface area contributed by atoms with Gasteiger partial charge in [0.2, 0.25) is 0 Å². The fourth-order valence-electron chi connectivity index (χ4n) is 2.38. The summed E-state index contributed by atoms with van der Waals surface area (Å²) in [6, 6.07) is 13.4. The summed E-state index contributed by atoms with van der Waals surface area (Å²) in [7, 11) is 0. The SMILES string of the molecule is CC(=O)c1cccc(NC(=O)C2(C)Oc3ccccc3NC2=O)c1. The molecule has 1 unspecified atom stereocenters. The average molecular weight is 324 g/mol. The first-order chi connectivity index (χ1) is 11.4. The highest BCUT2D eigenvalue weighted by molar-refractivity contribution is 6.19. The number of para-hydroxylation sites is 2. The third-order valence-corrected chi connectivity index (χ3v) is 3.84. The fraction of sp³-hybridized carbons (Fsp3) is 0.167. The summed E-state index contributed by atoms with van der Waals surface area (Å²) >= 11 is 0. The monoisotopic (exact) mass is 324 g/mol. The highest BCUT2D eigenvalue weighted by atomic mass is 16.5. The highest BCUT2D eigenvalue weighted by Crippen LogP contribution is 2.33. The molecule has 0 radical (unpaired) electrons. The Kier molecular flexibility index (Phi) is 3.81. The third kappa shape index (κ3) is 2.74. The van der Waals surface area contributed by atoms with Gasteiger partial charge in [0, 0.05) is 11.3 Å². The molecule has 1 atom stereocenters. The van der Waals surface area contributed by atoms with Crippen LogP contribution in [0.1, 0.15) is 24.2 Å². The van der Waals surface area contributed by atoms with Crippen LogP contribution in [0.25, 0.3) is 0 Å². The molecule has 0 aliphatic carbocycles. The molecule has 0 spiro atoms. The van der Waals surface area contributed by atoms with Crippen molar-refractivity contribution in [2.24, 2.45) is 0 Å². The second-order valence-corrected chi connectivity index (χ2v) is 5.68. The van der Waals surface area contributed by atoms with Gasteiger partial charge < -0.3 is 15.4 Å². The number of carbonyl (C=O) groups is 3. The van der Waals surface area contributed by atoms with Crippen molar-refractivity contribution in [1.29, 1.82) is 0 Å². The minimum absolute atomic E-state index is 0.113. The predicted octanol–water partition coefficient (Wildman–Crippen LogP) is 2.62. The summed E-state index contributed by atoms with van der Waals surface area (Å²) in [5.41, 5.74) is -0.298. The summed E-state index contributed by atoms with van der Waals surface area (Å²) in [6.45, 7) is 2.85. The first-order valence-electron chi connectivity index (χ1n) is 7.42. The number of hydrogen-bond donors (Lipinski definition) is 2. The number of anilines is 2. The van der Waals surface area contributed by atoms with Gasteiger partial charge in [-0.2, -0.15) is 0 Å².